The van der Waals surface area contributed by atoms with E-state index in [1.165, 1.54) is 12.1 Å². The second-order valence-electron chi connectivity index (χ2n) is 5.34. The van der Waals surface area contributed by atoms with Crippen LogP contribution in [0.3, 0.4) is 0 Å². The molecule has 2 N–H and O–H groups in total. The first-order valence-electron chi connectivity index (χ1n) is 7.95. The third kappa shape index (κ3) is 4.69. The molecule has 26 heavy (non-hydrogen) atoms. The number of halogens is 2. The van der Waals surface area contributed by atoms with Crippen molar-refractivity contribution >= 4 is 21.9 Å². The fourth-order valence-electron chi connectivity index (χ4n) is 2.28. The van der Waals surface area contributed by atoms with Crippen LogP contribution in [0.2, 0.25) is 0 Å². The maximum Gasteiger partial charge on any atom is 0.263 e. The average molecular weight is 422 g/mol. The Balaban J connectivity index is 1.74. The zero-order valence-corrected chi connectivity index (χ0v) is 15.6. The van der Waals surface area contributed by atoms with Gasteiger partial charge < -0.3 is 14.8 Å². The van der Waals surface area contributed by atoms with Crippen molar-refractivity contribution in [3.63, 3.8) is 0 Å². The van der Waals surface area contributed by atoms with Crippen LogP contribution in [0.25, 0.3) is 0 Å². The molecule has 2 aromatic carbocycles. The maximum absolute atomic E-state index is 13.0. The van der Waals surface area contributed by atoms with E-state index in [-0.39, 0.29) is 5.82 Å². The summed E-state index contributed by atoms with van der Waals surface area (Å²) in [6.07, 6.45) is 0. The molecule has 9 heteroatoms. The van der Waals surface area contributed by atoms with Gasteiger partial charge in [-0.3, -0.25) is 0 Å². The first kappa shape index (κ1) is 18.1. The van der Waals surface area contributed by atoms with Gasteiger partial charge in [-0.05, 0) is 63.5 Å². The Morgan fingerprint density at radius 3 is 2.65 bits per heavy atom. The molecular weight excluding hydrogens is 405 g/mol. The van der Waals surface area contributed by atoms with Crippen LogP contribution in [-0.2, 0) is 13.2 Å². The van der Waals surface area contributed by atoms with Gasteiger partial charge in [0.05, 0.1) is 11.1 Å². The smallest absolute Gasteiger partial charge is 0.263 e. The Hall–Kier alpha value is -2.68. The number of hydrogen-bond acceptors (Lipinski definition) is 6. The van der Waals surface area contributed by atoms with Gasteiger partial charge in [-0.25, -0.2) is 4.39 Å². The van der Waals surface area contributed by atoms with E-state index >= 15 is 0 Å². The number of aromatic nitrogens is 4. The number of ether oxygens (including phenoxy) is 2. The van der Waals surface area contributed by atoms with Crippen molar-refractivity contribution in [3.05, 3.63) is 57.8 Å². The topological polar surface area (TPSA) is 85.0 Å². The molecule has 7 nitrogen and oxygen atoms in total. The van der Waals surface area contributed by atoms with Gasteiger partial charge in [0.25, 0.3) is 5.95 Å². The van der Waals surface area contributed by atoms with E-state index in [9.17, 15) is 4.39 Å². The third-order valence-electron chi connectivity index (χ3n) is 3.46. The number of nitrogens with one attached hydrogen (secondary N) is 2. The van der Waals surface area contributed by atoms with Crippen molar-refractivity contribution in [2.75, 3.05) is 11.9 Å². The van der Waals surface area contributed by atoms with E-state index in [1.807, 2.05) is 19.1 Å². The van der Waals surface area contributed by atoms with E-state index in [4.69, 9.17) is 9.47 Å². The number of H-pyrrole nitrogens is 1. The number of anilines is 1. The van der Waals surface area contributed by atoms with Crippen molar-refractivity contribution in [3.8, 4) is 11.5 Å². The summed E-state index contributed by atoms with van der Waals surface area (Å²) in [7, 11) is 0. The highest BCUT2D eigenvalue weighted by Gasteiger charge is 2.13. The lowest BCUT2D eigenvalue weighted by Crippen LogP contribution is -2.04. The highest BCUT2D eigenvalue weighted by Crippen LogP contribution is 2.37. The summed E-state index contributed by atoms with van der Waals surface area (Å²) in [4.78, 5) is 0. The van der Waals surface area contributed by atoms with E-state index in [0.29, 0.717) is 37.2 Å². The van der Waals surface area contributed by atoms with Gasteiger partial charge in [0.15, 0.2) is 11.5 Å². The lowest BCUT2D eigenvalue weighted by atomic mass is 10.2. The van der Waals surface area contributed by atoms with Crippen LogP contribution >= 0.6 is 15.9 Å². The minimum absolute atomic E-state index is 0.275. The Morgan fingerprint density at radius 1 is 1.15 bits per heavy atom. The zero-order valence-electron chi connectivity index (χ0n) is 14.0. The molecule has 3 aromatic rings. The van der Waals surface area contributed by atoms with Gasteiger partial charge in [0.2, 0.25) is 0 Å². The predicted molar refractivity (Wildman–Crippen MR) is 97.5 cm³/mol. The SMILES string of the molecule is CCOc1cc(CNc2nn[nH]n2)cc(Br)c1OCc1ccc(F)cc1. The highest BCUT2D eigenvalue weighted by atomic mass is 79.9. The standard InChI is InChI=1S/C17H17BrFN5O2/c1-2-25-15-8-12(9-20-17-21-23-24-22-17)7-14(18)16(15)26-10-11-3-5-13(19)6-4-11/h3-8H,2,9-10H2,1H3,(H2,20,21,22,23,24). The molecule has 0 bridgehead atoms. The number of nitrogens with zero attached hydrogens (tertiary/aromatic N) is 3. The lowest BCUT2D eigenvalue weighted by molar-refractivity contribution is 0.267. The molecule has 0 aliphatic heterocycles. The normalized spacial score (nSPS) is 10.6. The number of tetrazole rings is 1. The van der Waals surface area contributed by atoms with Crippen molar-refractivity contribution in [1.29, 1.82) is 0 Å². The minimum atomic E-state index is -0.275. The first-order valence-corrected chi connectivity index (χ1v) is 8.74. The Kier molecular flexibility index (Phi) is 6.00. The van der Waals surface area contributed by atoms with Crippen LogP contribution in [0.1, 0.15) is 18.1 Å². The van der Waals surface area contributed by atoms with E-state index < -0.39 is 0 Å². The fourth-order valence-corrected chi connectivity index (χ4v) is 2.88. The summed E-state index contributed by atoms with van der Waals surface area (Å²) in [5.74, 6) is 1.35. The van der Waals surface area contributed by atoms with Crippen LogP contribution in [0, 0.1) is 5.82 Å². The molecule has 0 aliphatic rings. The second kappa shape index (κ2) is 8.61. The van der Waals surface area contributed by atoms with Crippen LogP contribution in [0.4, 0.5) is 10.3 Å². The number of aromatic amines is 1. The Labute approximate surface area is 158 Å². The Bertz CT molecular complexity index is 843. The molecule has 0 atom stereocenters. The van der Waals surface area contributed by atoms with E-state index in [2.05, 4.69) is 41.9 Å². The molecule has 0 fully saturated rings. The van der Waals surface area contributed by atoms with Crippen molar-refractivity contribution < 1.29 is 13.9 Å². The van der Waals surface area contributed by atoms with Crippen LogP contribution in [0.5, 0.6) is 11.5 Å². The second-order valence-corrected chi connectivity index (χ2v) is 6.20. The molecule has 0 radical (unpaired) electrons. The first-order chi connectivity index (χ1) is 12.7. The summed E-state index contributed by atoms with van der Waals surface area (Å²) < 4.78 is 25.4. The molecule has 0 unspecified atom stereocenters. The summed E-state index contributed by atoms with van der Waals surface area (Å²) in [6.45, 7) is 3.21. The van der Waals surface area contributed by atoms with Gasteiger partial charge >= 0.3 is 0 Å². The molecule has 1 heterocycles. The largest absolute Gasteiger partial charge is 0.490 e. The average Bonchev–Trinajstić information content (AvgIpc) is 3.14. The molecule has 136 valence electrons. The zero-order chi connectivity index (χ0) is 18.4. The van der Waals surface area contributed by atoms with Crippen LogP contribution in [0.15, 0.2) is 40.9 Å². The molecule has 0 amide bonds. The lowest BCUT2D eigenvalue weighted by Gasteiger charge is -2.15. The monoisotopic (exact) mass is 421 g/mol. The molecule has 3 rings (SSSR count). The van der Waals surface area contributed by atoms with Gasteiger partial charge in [-0.2, -0.15) is 5.21 Å². The molecule has 0 aliphatic carbocycles. The number of hydrogen-bond donors (Lipinski definition) is 2. The van der Waals surface area contributed by atoms with Crippen molar-refractivity contribution in [1.82, 2.24) is 20.6 Å². The summed E-state index contributed by atoms with van der Waals surface area (Å²) in [5, 5.41) is 16.6. The van der Waals surface area contributed by atoms with Gasteiger partial charge in [-0.1, -0.05) is 17.2 Å². The van der Waals surface area contributed by atoms with Gasteiger partial charge in [-0.15, -0.1) is 5.10 Å². The molecule has 0 saturated carbocycles. The van der Waals surface area contributed by atoms with Crippen molar-refractivity contribution in [2.24, 2.45) is 0 Å². The molecule has 0 spiro atoms. The number of benzene rings is 2. The minimum Gasteiger partial charge on any atom is -0.490 e. The Morgan fingerprint density at radius 2 is 1.96 bits per heavy atom. The summed E-state index contributed by atoms with van der Waals surface area (Å²) in [6, 6.07) is 10.0. The summed E-state index contributed by atoms with van der Waals surface area (Å²) in [5.41, 5.74) is 1.82. The molecular formula is C17H17BrFN5O2. The molecule has 0 saturated heterocycles. The predicted octanol–water partition coefficient (Wildman–Crippen LogP) is 3.69. The van der Waals surface area contributed by atoms with E-state index in [1.54, 1.807) is 12.1 Å². The highest BCUT2D eigenvalue weighted by molar-refractivity contribution is 9.10. The van der Waals surface area contributed by atoms with Crippen molar-refractivity contribution in [2.45, 2.75) is 20.1 Å². The molecule has 1 aromatic heterocycles. The quantitative estimate of drug-likeness (QED) is 0.576. The van der Waals surface area contributed by atoms with Gasteiger partial charge in [0.1, 0.15) is 12.4 Å². The summed E-state index contributed by atoms with van der Waals surface area (Å²) >= 11 is 3.53. The van der Waals surface area contributed by atoms with E-state index in [0.717, 1.165) is 15.6 Å². The van der Waals surface area contributed by atoms with Gasteiger partial charge in [0, 0.05) is 6.54 Å². The number of rotatable bonds is 8. The van der Waals surface area contributed by atoms with Crippen LogP contribution < -0.4 is 14.8 Å². The fraction of sp³-hybridized carbons (Fsp3) is 0.235. The van der Waals surface area contributed by atoms with Crippen LogP contribution in [-0.4, -0.2) is 27.2 Å². The maximum atomic E-state index is 13.0. The third-order valence-corrected chi connectivity index (χ3v) is 4.05.